The highest BCUT2D eigenvalue weighted by Gasteiger charge is 2.14. The van der Waals surface area contributed by atoms with E-state index in [4.69, 9.17) is 10.3 Å². The summed E-state index contributed by atoms with van der Waals surface area (Å²) in [6, 6.07) is 3.68. The number of carbonyl (C=O) groups is 1. The molecule has 0 bridgehead atoms. The van der Waals surface area contributed by atoms with Gasteiger partial charge in [0, 0.05) is 5.69 Å². The Balaban J connectivity index is 2.25. The fourth-order valence-corrected chi connectivity index (χ4v) is 1.91. The zero-order valence-corrected chi connectivity index (χ0v) is 10.7. The largest absolute Gasteiger partial charge is 0.464 e. The smallest absolute Gasteiger partial charge is 0.268 e. The maximum Gasteiger partial charge on any atom is 0.268 e. The van der Waals surface area contributed by atoms with Crippen LogP contribution in [0, 0.1) is 20.8 Å². The molecule has 0 aliphatic carbocycles. The van der Waals surface area contributed by atoms with E-state index in [1.807, 2.05) is 24.6 Å². The molecule has 0 unspecified atom stereocenters. The van der Waals surface area contributed by atoms with E-state index in [9.17, 15) is 4.79 Å². The number of nitrogens with zero attached hydrogens (tertiary/aromatic N) is 2. The van der Waals surface area contributed by atoms with Crippen LogP contribution in [0.5, 0.6) is 0 Å². The minimum atomic E-state index is -0.351. The Morgan fingerprint density at radius 1 is 1.44 bits per heavy atom. The molecular weight excluding hydrogens is 232 g/mol. The summed E-state index contributed by atoms with van der Waals surface area (Å²) in [5, 5.41) is 4.34. The Morgan fingerprint density at radius 3 is 2.72 bits per heavy atom. The maximum absolute atomic E-state index is 11.5. The molecule has 6 heteroatoms. The number of furan rings is 1. The number of amides is 1. The maximum atomic E-state index is 11.5. The summed E-state index contributed by atoms with van der Waals surface area (Å²) in [4.78, 5) is 11.5. The Labute approximate surface area is 105 Å². The lowest BCUT2D eigenvalue weighted by Crippen LogP contribution is -2.30. The van der Waals surface area contributed by atoms with Crippen LogP contribution in [0.2, 0.25) is 0 Å². The molecule has 1 amide bonds. The monoisotopic (exact) mass is 248 g/mol. The van der Waals surface area contributed by atoms with Crippen LogP contribution in [0.25, 0.3) is 0 Å². The third kappa shape index (κ3) is 2.28. The Bertz CT molecular complexity index is 583. The summed E-state index contributed by atoms with van der Waals surface area (Å²) in [5.74, 6) is 5.98. The number of nitrogen functional groups attached to an aromatic ring is 1. The third-order valence-corrected chi connectivity index (χ3v) is 2.75. The second-order valence-corrected chi connectivity index (χ2v) is 4.24. The van der Waals surface area contributed by atoms with Crippen LogP contribution in [0.15, 0.2) is 16.5 Å². The lowest BCUT2D eigenvalue weighted by Gasteiger charge is -2.00. The van der Waals surface area contributed by atoms with Gasteiger partial charge in [-0.15, -0.1) is 0 Å². The van der Waals surface area contributed by atoms with E-state index < -0.39 is 0 Å². The van der Waals surface area contributed by atoms with Gasteiger partial charge in [-0.2, -0.15) is 5.10 Å². The number of aromatic nitrogens is 2. The van der Waals surface area contributed by atoms with Crippen LogP contribution in [0.3, 0.4) is 0 Å². The minimum Gasteiger partial charge on any atom is -0.464 e. The molecule has 2 aromatic heterocycles. The molecule has 0 fully saturated rings. The van der Waals surface area contributed by atoms with Gasteiger partial charge < -0.3 is 4.42 Å². The third-order valence-electron chi connectivity index (χ3n) is 2.75. The average molecular weight is 248 g/mol. The van der Waals surface area contributed by atoms with Crippen LogP contribution in [0.4, 0.5) is 0 Å². The lowest BCUT2D eigenvalue weighted by molar-refractivity contribution is 0.0952. The van der Waals surface area contributed by atoms with E-state index in [0.29, 0.717) is 23.6 Å². The zero-order valence-electron chi connectivity index (χ0n) is 10.7. The molecule has 0 saturated carbocycles. The number of carbonyl (C=O) groups excluding carboxylic acids is 1. The fourth-order valence-electron chi connectivity index (χ4n) is 1.91. The Kier molecular flexibility index (Phi) is 3.20. The van der Waals surface area contributed by atoms with Crippen molar-refractivity contribution < 1.29 is 9.21 Å². The number of hydrogen-bond donors (Lipinski definition) is 2. The van der Waals surface area contributed by atoms with Crippen molar-refractivity contribution in [1.29, 1.82) is 0 Å². The first-order chi connectivity index (χ1) is 8.51. The highest BCUT2D eigenvalue weighted by Crippen LogP contribution is 2.16. The van der Waals surface area contributed by atoms with Crippen LogP contribution < -0.4 is 11.3 Å². The average Bonchev–Trinajstić information content (AvgIpc) is 2.82. The second-order valence-electron chi connectivity index (χ2n) is 4.24. The highest BCUT2D eigenvalue weighted by molar-refractivity contribution is 5.94. The molecule has 96 valence electrons. The van der Waals surface area contributed by atoms with Crippen LogP contribution in [0.1, 0.15) is 33.3 Å². The SMILES string of the molecule is Cc1cc(C)n(Cc2cc(C(=O)NN)c(C)o2)n1. The first-order valence-electron chi connectivity index (χ1n) is 5.62. The molecule has 0 aromatic carbocycles. The van der Waals surface area contributed by atoms with Crippen molar-refractivity contribution in [2.24, 2.45) is 5.84 Å². The van der Waals surface area contributed by atoms with Gasteiger partial charge in [-0.25, -0.2) is 5.84 Å². The predicted molar refractivity (Wildman–Crippen MR) is 65.9 cm³/mol. The van der Waals surface area contributed by atoms with E-state index in [1.54, 1.807) is 13.0 Å². The molecule has 2 rings (SSSR count). The molecule has 18 heavy (non-hydrogen) atoms. The van der Waals surface area contributed by atoms with Crippen molar-refractivity contribution >= 4 is 5.91 Å². The number of hydrogen-bond acceptors (Lipinski definition) is 4. The quantitative estimate of drug-likeness (QED) is 0.483. The van der Waals surface area contributed by atoms with Crippen molar-refractivity contribution in [2.75, 3.05) is 0 Å². The molecule has 3 N–H and O–H groups in total. The van der Waals surface area contributed by atoms with E-state index in [1.165, 1.54) is 0 Å². The molecule has 0 atom stereocenters. The molecule has 0 aliphatic rings. The molecule has 0 aliphatic heterocycles. The van der Waals surface area contributed by atoms with Crippen molar-refractivity contribution in [3.05, 3.63) is 40.6 Å². The lowest BCUT2D eigenvalue weighted by atomic mass is 10.2. The summed E-state index contributed by atoms with van der Waals surface area (Å²) < 4.78 is 7.36. The summed E-state index contributed by atoms with van der Waals surface area (Å²) in [5.41, 5.74) is 4.55. The minimum absolute atomic E-state index is 0.351. The van der Waals surface area contributed by atoms with Gasteiger partial charge >= 0.3 is 0 Å². The van der Waals surface area contributed by atoms with E-state index in [2.05, 4.69) is 10.5 Å². The van der Waals surface area contributed by atoms with Crippen molar-refractivity contribution in [1.82, 2.24) is 15.2 Å². The summed E-state index contributed by atoms with van der Waals surface area (Å²) in [6.07, 6.45) is 0. The van der Waals surface area contributed by atoms with Gasteiger partial charge in [-0.1, -0.05) is 0 Å². The van der Waals surface area contributed by atoms with Gasteiger partial charge in [0.25, 0.3) is 5.91 Å². The van der Waals surface area contributed by atoms with Crippen molar-refractivity contribution in [2.45, 2.75) is 27.3 Å². The van der Waals surface area contributed by atoms with Gasteiger partial charge in [0.15, 0.2) is 0 Å². The molecule has 6 nitrogen and oxygen atoms in total. The Hall–Kier alpha value is -2.08. The summed E-state index contributed by atoms with van der Waals surface area (Å²) in [7, 11) is 0. The summed E-state index contributed by atoms with van der Waals surface area (Å²) in [6.45, 7) is 6.14. The zero-order chi connectivity index (χ0) is 13.3. The highest BCUT2D eigenvalue weighted by atomic mass is 16.3. The topological polar surface area (TPSA) is 86.1 Å². The standard InChI is InChI=1S/C12H16N4O2/c1-7-4-8(2)16(15-7)6-10-5-11(9(3)18-10)12(17)14-13/h4-5H,6,13H2,1-3H3,(H,14,17). The van der Waals surface area contributed by atoms with Gasteiger partial charge in [-0.05, 0) is 32.9 Å². The van der Waals surface area contributed by atoms with E-state index in [-0.39, 0.29) is 5.91 Å². The second kappa shape index (κ2) is 4.66. The molecular formula is C12H16N4O2. The molecule has 0 saturated heterocycles. The van der Waals surface area contributed by atoms with Crippen molar-refractivity contribution in [3.8, 4) is 0 Å². The number of nitrogens with two attached hydrogens (primary N) is 1. The first-order valence-corrected chi connectivity index (χ1v) is 5.62. The number of rotatable bonds is 3. The molecule has 0 radical (unpaired) electrons. The number of hydrazine groups is 1. The van der Waals surface area contributed by atoms with Gasteiger partial charge in [0.05, 0.1) is 17.8 Å². The van der Waals surface area contributed by atoms with E-state index in [0.717, 1.165) is 11.4 Å². The molecule has 2 heterocycles. The first kappa shape index (κ1) is 12.4. The molecule has 2 aromatic rings. The van der Waals surface area contributed by atoms with Crippen molar-refractivity contribution in [3.63, 3.8) is 0 Å². The van der Waals surface area contributed by atoms with Gasteiger partial charge in [0.1, 0.15) is 11.5 Å². The van der Waals surface area contributed by atoms with Gasteiger partial charge in [0.2, 0.25) is 0 Å². The van der Waals surface area contributed by atoms with E-state index >= 15 is 0 Å². The molecule has 0 spiro atoms. The number of nitrogens with one attached hydrogen (secondary N) is 1. The van der Waals surface area contributed by atoms with Crippen LogP contribution >= 0.6 is 0 Å². The normalized spacial score (nSPS) is 10.7. The summed E-state index contributed by atoms with van der Waals surface area (Å²) >= 11 is 0. The number of aryl methyl sites for hydroxylation is 3. The van der Waals surface area contributed by atoms with Crippen LogP contribution in [-0.4, -0.2) is 15.7 Å². The van der Waals surface area contributed by atoms with Gasteiger partial charge in [-0.3, -0.25) is 14.9 Å². The Morgan fingerprint density at radius 2 is 2.17 bits per heavy atom. The predicted octanol–water partition coefficient (Wildman–Crippen LogP) is 1.05. The fraction of sp³-hybridized carbons (Fsp3) is 0.333. The van der Waals surface area contributed by atoms with Crippen LogP contribution in [-0.2, 0) is 6.54 Å².